The Morgan fingerprint density at radius 3 is 2.75 bits per heavy atom. The van der Waals surface area contributed by atoms with E-state index < -0.39 is 5.54 Å². The van der Waals surface area contributed by atoms with Crippen LogP contribution in [0.15, 0.2) is 0 Å². The maximum atomic E-state index is 12.1. The van der Waals surface area contributed by atoms with Crippen molar-refractivity contribution in [3.8, 4) is 0 Å². The van der Waals surface area contributed by atoms with Gasteiger partial charge in [0.1, 0.15) is 0 Å². The molecule has 0 spiro atoms. The molecule has 3 unspecified atom stereocenters. The zero-order chi connectivity index (χ0) is 14.2. The topological polar surface area (TPSA) is 58.4 Å². The predicted octanol–water partition coefficient (Wildman–Crippen LogP) is 1.78. The van der Waals surface area contributed by atoms with Crippen LogP contribution in [0.2, 0.25) is 0 Å². The van der Waals surface area contributed by atoms with Crippen LogP contribution in [0.5, 0.6) is 0 Å². The zero-order valence-electron chi connectivity index (χ0n) is 12.7. The van der Waals surface area contributed by atoms with Crippen LogP contribution in [0.3, 0.4) is 0 Å². The minimum absolute atomic E-state index is 0.124. The van der Waals surface area contributed by atoms with Crippen LogP contribution in [-0.4, -0.2) is 41.0 Å². The summed E-state index contributed by atoms with van der Waals surface area (Å²) in [5.74, 6) is -0.124. The van der Waals surface area contributed by atoms with Crippen LogP contribution in [0, 0.1) is 0 Å². The molecule has 0 bridgehead atoms. The number of amides is 1. The molecular formula is C16H29N3O. The lowest BCUT2D eigenvalue weighted by Crippen LogP contribution is -2.61. The Kier molecular flexibility index (Phi) is 4.04. The van der Waals surface area contributed by atoms with E-state index in [-0.39, 0.29) is 5.91 Å². The first-order chi connectivity index (χ1) is 9.64. The molecule has 3 N–H and O–H groups in total. The fourth-order valence-corrected chi connectivity index (χ4v) is 4.35. The first-order valence-electron chi connectivity index (χ1n) is 8.48. The van der Waals surface area contributed by atoms with Gasteiger partial charge in [0.15, 0.2) is 0 Å². The van der Waals surface area contributed by atoms with Gasteiger partial charge in [-0.25, -0.2) is 0 Å². The van der Waals surface area contributed by atoms with Crippen molar-refractivity contribution in [3.05, 3.63) is 0 Å². The largest absolute Gasteiger partial charge is 0.368 e. The highest BCUT2D eigenvalue weighted by molar-refractivity contribution is 5.85. The van der Waals surface area contributed by atoms with Gasteiger partial charge in [0.25, 0.3) is 0 Å². The van der Waals surface area contributed by atoms with Gasteiger partial charge in [-0.05, 0) is 64.3 Å². The van der Waals surface area contributed by atoms with E-state index in [1.54, 1.807) is 0 Å². The van der Waals surface area contributed by atoms with Gasteiger partial charge >= 0.3 is 0 Å². The highest BCUT2D eigenvalue weighted by Gasteiger charge is 2.46. The minimum Gasteiger partial charge on any atom is -0.368 e. The highest BCUT2D eigenvalue weighted by atomic mass is 16.1. The van der Waals surface area contributed by atoms with Crippen LogP contribution in [0.25, 0.3) is 0 Å². The van der Waals surface area contributed by atoms with Crippen molar-refractivity contribution < 1.29 is 4.79 Å². The SMILES string of the molecule is CCC1CCCN1C1CCCC(NC2CC2)(C(N)=O)C1. The van der Waals surface area contributed by atoms with E-state index in [0.717, 1.165) is 25.3 Å². The van der Waals surface area contributed by atoms with E-state index in [9.17, 15) is 4.79 Å². The number of primary amides is 1. The summed E-state index contributed by atoms with van der Waals surface area (Å²) in [5, 5.41) is 3.59. The molecule has 3 atom stereocenters. The van der Waals surface area contributed by atoms with Crippen LogP contribution in [0.4, 0.5) is 0 Å². The third kappa shape index (κ3) is 2.73. The molecule has 4 heteroatoms. The molecule has 0 radical (unpaired) electrons. The third-order valence-electron chi connectivity index (χ3n) is 5.62. The summed E-state index contributed by atoms with van der Waals surface area (Å²) in [5.41, 5.74) is 5.36. The quantitative estimate of drug-likeness (QED) is 0.806. The van der Waals surface area contributed by atoms with E-state index in [4.69, 9.17) is 5.73 Å². The number of nitrogens with one attached hydrogen (secondary N) is 1. The molecule has 0 aromatic heterocycles. The summed E-state index contributed by atoms with van der Waals surface area (Å²) in [7, 11) is 0. The standard InChI is InChI=1S/C16H29N3O/c1-2-13-6-4-10-19(13)14-5-3-9-16(11-14,15(17)20)18-12-7-8-12/h12-14,18H,2-11H2,1H3,(H2,17,20). The summed E-state index contributed by atoms with van der Waals surface area (Å²) in [6, 6.07) is 1.82. The number of hydrogen-bond acceptors (Lipinski definition) is 3. The molecule has 0 aromatic rings. The Bertz CT molecular complexity index is 369. The van der Waals surface area contributed by atoms with Crippen LogP contribution < -0.4 is 11.1 Å². The molecule has 0 aromatic carbocycles. The summed E-state index contributed by atoms with van der Waals surface area (Å²) in [6.45, 7) is 3.50. The lowest BCUT2D eigenvalue weighted by atomic mass is 9.77. The van der Waals surface area contributed by atoms with Gasteiger partial charge in [-0.1, -0.05) is 6.92 Å². The monoisotopic (exact) mass is 279 g/mol. The lowest BCUT2D eigenvalue weighted by Gasteiger charge is -2.44. The summed E-state index contributed by atoms with van der Waals surface area (Å²) >= 11 is 0. The number of nitrogens with zero attached hydrogens (tertiary/aromatic N) is 1. The number of hydrogen-bond donors (Lipinski definition) is 2. The molecule has 1 aliphatic heterocycles. The van der Waals surface area contributed by atoms with Gasteiger partial charge in [0.2, 0.25) is 5.91 Å². The molecule has 114 valence electrons. The van der Waals surface area contributed by atoms with Crippen molar-refractivity contribution in [2.45, 2.75) is 88.4 Å². The highest BCUT2D eigenvalue weighted by Crippen LogP contribution is 2.37. The molecule has 2 aliphatic carbocycles. The van der Waals surface area contributed by atoms with E-state index in [2.05, 4.69) is 17.1 Å². The first kappa shape index (κ1) is 14.3. The van der Waals surface area contributed by atoms with E-state index in [1.165, 1.54) is 45.1 Å². The lowest BCUT2D eigenvalue weighted by molar-refractivity contribution is -0.127. The molecule has 3 rings (SSSR count). The van der Waals surface area contributed by atoms with E-state index in [0.29, 0.717) is 12.1 Å². The Morgan fingerprint density at radius 2 is 2.10 bits per heavy atom. The Labute approximate surface area is 122 Å². The third-order valence-corrected chi connectivity index (χ3v) is 5.62. The molecule has 1 saturated heterocycles. The van der Waals surface area contributed by atoms with E-state index >= 15 is 0 Å². The first-order valence-corrected chi connectivity index (χ1v) is 8.48. The molecule has 1 heterocycles. The van der Waals surface area contributed by atoms with Crippen molar-refractivity contribution in [2.75, 3.05) is 6.54 Å². The summed E-state index contributed by atoms with van der Waals surface area (Å²) < 4.78 is 0. The van der Waals surface area contributed by atoms with Gasteiger partial charge in [-0.15, -0.1) is 0 Å². The maximum absolute atomic E-state index is 12.1. The molecule has 2 saturated carbocycles. The second kappa shape index (κ2) is 5.64. The maximum Gasteiger partial charge on any atom is 0.237 e. The molecule has 3 aliphatic rings. The average molecular weight is 279 g/mol. The number of likely N-dealkylation sites (tertiary alicyclic amines) is 1. The number of carbonyl (C=O) groups excluding carboxylic acids is 1. The Balaban J connectivity index is 1.71. The zero-order valence-corrected chi connectivity index (χ0v) is 12.7. The summed E-state index contributed by atoms with van der Waals surface area (Å²) in [4.78, 5) is 14.8. The van der Waals surface area contributed by atoms with Gasteiger partial charge in [-0.2, -0.15) is 0 Å². The second-order valence-corrected chi connectivity index (χ2v) is 7.06. The van der Waals surface area contributed by atoms with Crippen molar-refractivity contribution in [3.63, 3.8) is 0 Å². The number of nitrogens with two attached hydrogens (primary N) is 1. The van der Waals surface area contributed by atoms with Crippen LogP contribution in [-0.2, 0) is 4.79 Å². The van der Waals surface area contributed by atoms with E-state index in [1.807, 2.05) is 0 Å². The van der Waals surface area contributed by atoms with Gasteiger partial charge in [-0.3, -0.25) is 9.69 Å². The average Bonchev–Trinajstić information content (AvgIpc) is 3.12. The van der Waals surface area contributed by atoms with Crippen molar-refractivity contribution in [1.29, 1.82) is 0 Å². The molecule has 1 amide bonds. The number of rotatable bonds is 5. The van der Waals surface area contributed by atoms with Gasteiger partial charge in [0, 0.05) is 18.1 Å². The molecule has 4 nitrogen and oxygen atoms in total. The minimum atomic E-state index is -0.426. The Morgan fingerprint density at radius 1 is 1.30 bits per heavy atom. The van der Waals surface area contributed by atoms with Crippen LogP contribution >= 0.6 is 0 Å². The smallest absolute Gasteiger partial charge is 0.237 e. The van der Waals surface area contributed by atoms with Crippen molar-refractivity contribution in [2.24, 2.45) is 5.73 Å². The second-order valence-electron chi connectivity index (χ2n) is 7.06. The molecular weight excluding hydrogens is 250 g/mol. The summed E-state index contributed by atoms with van der Waals surface area (Å²) in [6.07, 6.45) is 10.5. The van der Waals surface area contributed by atoms with Crippen molar-refractivity contribution >= 4 is 5.91 Å². The fraction of sp³-hybridized carbons (Fsp3) is 0.938. The fourth-order valence-electron chi connectivity index (χ4n) is 4.35. The number of carbonyl (C=O) groups is 1. The predicted molar refractivity (Wildman–Crippen MR) is 80.4 cm³/mol. The van der Waals surface area contributed by atoms with Gasteiger partial charge < -0.3 is 11.1 Å². The van der Waals surface area contributed by atoms with Crippen LogP contribution in [0.1, 0.15) is 64.7 Å². The normalized spacial score (nSPS) is 39.0. The molecule has 20 heavy (non-hydrogen) atoms. The van der Waals surface area contributed by atoms with Gasteiger partial charge in [0.05, 0.1) is 5.54 Å². The van der Waals surface area contributed by atoms with Crippen molar-refractivity contribution in [1.82, 2.24) is 10.2 Å². The molecule has 3 fully saturated rings. The Hall–Kier alpha value is -0.610.